The molecule has 0 aliphatic carbocycles. The third-order valence-corrected chi connectivity index (χ3v) is 29.7. The van der Waals surface area contributed by atoms with Crippen LogP contribution in [0.5, 0.6) is 0 Å². The summed E-state index contributed by atoms with van der Waals surface area (Å²) in [5.41, 5.74) is 0.384. The van der Waals surface area contributed by atoms with Crippen LogP contribution in [0.3, 0.4) is 0 Å². The minimum Gasteiger partial charge on any atom is -0.481 e. The molecule has 12 atom stereocenters. The number of likely N-dealkylation sites (tertiary alicyclic amines) is 3. The van der Waals surface area contributed by atoms with Gasteiger partial charge in [0.1, 0.15) is 36.4 Å². The molecule has 6 aliphatic heterocycles. The summed E-state index contributed by atoms with van der Waals surface area (Å²) in [7, 11) is 0. The van der Waals surface area contributed by atoms with Crippen molar-refractivity contribution in [3.05, 3.63) is 144 Å². The Morgan fingerprint density at radius 2 is 0.669 bits per heavy atom. The Balaban J connectivity index is 0.000000413. The van der Waals surface area contributed by atoms with Gasteiger partial charge in [0.15, 0.2) is 5.78 Å². The van der Waals surface area contributed by atoms with Crippen LogP contribution in [-0.4, -0.2) is 215 Å². The summed E-state index contributed by atoms with van der Waals surface area (Å²) in [5, 5.41) is 60.3. The molecule has 25 heteroatoms. The number of amides is 5. The van der Waals surface area contributed by atoms with E-state index in [1.165, 1.54) is 45.3 Å². The zero-order chi connectivity index (χ0) is 109. The molecule has 6 aliphatic rings. The van der Waals surface area contributed by atoms with Gasteiger partial charge >= 0.3 is 17.9 Å². The number of unbranched alkanes of at least 4 members (excludes halogenated alkanes) is 5. The maximum Gasteiger partial charge on any atom is 0.328 e. The number of hydrogen-bond acceptors (Lipinski definition) is 18. The van der Waals surface area contributed by atoms with E-state index >= 15 is 0 Å². The lowest BCUT2D eigenvalue weighted by Crippen LogP contribution is -2.61. The average Bonchev–Trinajstić information content (AvgIpc) is 1.49. The Morgan fingerprint density at radius 1 is 0.393 bits per heavy atom. The Labute approximate surface area is 890 Å². The van der Waals surface area contributed by atoms with Crippen molar-refractivity contribution < 1.29 is 78.5 Å². The Hall–Kier alpha value is -7.24. The number of halogens is 1. The van der Waals surface area contributed by atoms with Gasteiger partial charge in [0.05, 0.1) is 35.8 Å². The van der Waals surface area contributed by atoms with E-state index in [4.69, 9.17) is 9.47 Å². The molecule has 6 fully saturated rings. The normalized spacial score (nSPS) is 21.3. The number of carboxylic acid groups (broad SMARTS) is 1. The summed E-state index contributed by atoms with van der Waals surface area (Å²) < 4.78 is 13.3. The third kappa shape index (κ3) is 45.1. The SMILES string of the molecule is CC1(C)CC(O)CC(C)(C)N1O.CCCC.CCCCI.CCCC[C@H](CC(=O)[C@@H]1CCCN1C(=O)[C@H](/C=C/[C@@H](C)CC(C)C)Cc1ccccc1)C(=O)O.CCCC[C@H](NC(=O)[C@@H]1CCCN1C(=O)[C@H](/C=C/[C@@H](C)CC(C)C)Cc1ccccc1)C(=O)OC1CC(C)(C)N(O)C(C)(C)C1.CCCC[C@H](NC(=O)[C@@H]1CCCN1C(=O)[C@H](/C=C/[C@@H](C)CC(C)C)Cc1ccccc1)C(=O)OC1CC(C)(C)N(O)C(C)(C)C1. The molecular formula is C120H199IN8O16. The number of carboxylic acids is 1. The van der Waals surface area contributed by atoms with Crippen molar-refractivity contribution in [2.75, 3.05) is 24.1 Å². The standard InChI is InChI=1S/2C37H59N3O5.C29H43NO4.C9H19NO2.C4H9I.C4H10/c2*1-9-10-17-31(35(43)45-30-24-36(5,6)40(44)37(7,8)25-30)38-33(41)32-18-14-21-39(32)34(42)29(20-19-27(4)22-26(2)3)23-28-15-12-11-13-16-28;1-5-6-13-25(29(33)34)20-27(31)26-14-10-17-30(26)28(32)24(16-15-22(4)18-21(2)3)19-23-11-8-7-9-12-23;1-8(2)5-7(11)6-9(3,4)10(8)12;1-2-3-4-5;1-3-4-2/h2*11-13,15-16,19-20,26-27,29-32,44H,9-10,14,17-18,21-25H2,1-8H3,(H,38,41);7-9,11-12,15-16,21-22,24-26H,5-6,10,13-14,17-20H2,1-4H3,(H,33,34);7,11-12H,5-6H2,1-4H3;2-4H2,1H3;3-4H2,1-2H3/b2*20-19+;16-15+;;;/t2*27-,29-,31+,32+;22-,24-,25-,26+;;;/m111.../s1. The summed E-state index contributed by atoms with van der Waals surface area (Å²) in [4.78, 5) is 126. The second kappa shape index (κ2) is 64.5. The Morgan fingerprint density at radius 3 is 0.931 bits per heavy atom. The molecule has 0 bridgehead atoms. The summed E-state index contributed by atoms with van der Waals surface area (Å²) in [6.45, 7) is 57.2. The number of esters is 2. The molecule has 6 heterocycles. The lowest BCUT2D eigenvalue weighted by molar-refractivity contribution is -0.259. The molecule has 5 amide bonds. The second-order valence-corrected chi connectivity index (χ2v) is 48.6. The largest absolute Gasteiger partial charge is 0.481 e. The van der Waals surface area contributed by atoms with Crippen LogP contribution in [0, 0.1) is 59.2 Å². The van der Waals surface area contributed by atoms with Gasteiger partial charge in [-0.05, 0) is 255 Å². The van der Waals surface area contributed by atoms with Crippen molar-refractivity contribution in [1.82, 2.24) is 40.5 Å². The first-order valence-electron chi connectivity index (χ1n) is 55.7. The van der Waals surface area contributed by atoms with Crippen molar-refractivity contribution in [1.29, 1.82) is 0 Å². The summed E-state index contributed by atoms with van der Waals surface area (Å²) >= 11 is 2.39. The number of benzene rings is 3. The number of carbonyl (C=O) groups excluding carboxylic acids is 8. The summed E-state index contributed by atoms with van der Waals surface area (Å²) in [6.07, 6.45) is 35.4. The highest BCUT2D eigenvalue weighted by Gasteiger charge is 2.51. The number of nitrogens with zero attached hydrogens (tertiary/aromatic N) is 6. The zero-order valence-electron chi connectivity index (χ0n) is 94.8. The van der Waals surface area contributed by atoms with E-state index in [1.54, 1.807) is 14.7 Å². The molecule has 3 aromatic carbocycles. The molecule has 0 saturated carbocycles. The first-order chi connectivity index (χ1) is 68.1. The molecule has 6 saturated heterocycles. The fourth-order valence-electron chi connectivity index (χ4n) is 21.7. The smallest absolute Gasteiger partial charge is 0.328 e. The molecule has 145 heavy (non-hydrogen) atoms. The van der Waals surface area contributed by atoms with Crippen molar-refractivity contribution in [2.24, 2.45) is 59.2 Å². The van der Waals surface area contributed by atoms with Gasteiger partial charge < -0.3 is 60.6 Å². The molecular weight excluding hydrogens is 1940 g/mol. The first-order valence-corrected chi connectivity index (χ1v) is 57.2. The molecule has 0 unspecified atom stereocenters. The quantitative estimate of drug-likeness (QED) is 0.0120. The van der Waals surface area contributed by atoms with Gasteiger partial charge in [-0.25, -0.2) is 9.59 Å². The number of carbonyl (C=O) groups is 9. The molecule has 24 nitrogen and oxygen atoms in total. The van der Waals surface area contributed by atoms with Crippen LogP contribution >= 0.6 is 22.6 Å². The second-order valence-electron chi connectivity index (χ2n) is 47.5. The van der Waals surface area contributed by atoms with E-state index < -0.39 is 76.2 Å². The molecule has 7 N–H and O–H groups in total. The molecule has 3 aromatic rings. The van der Waals surface area contributed by atoms with Crippen LogP contribution < -0.4 is 10.6 Å². The van der Waals surface area contributed by atoms with Gasteiger partial charge in [0.25, 0.3) is 0 Å². The van der Waals surface area contributed by atoms with Crippen molar-refractivity contribution >= 4 is 75.8 Å². The highest BCUT2D eigenvalue weighted by Crippen LogP contribution is 2.42. The number of ether oxygens (including phenoxy) is 2. The number of rotatable bonds is 45. The van der Waals surface area contributed by atoms with Crippen LogP contribution in [-0.2, 0) is 71.9 Å². The van der Waals surface area contributed by atoms with E-state index in [2.05, 4.69) is 135 Å². The van der Waals surface area contributed by atoms with E-state index in [-0.39, 0.29) is 88.9 Å². The van der Waals surface area contributed by atoms with Gasteiger partial charge in [-0.15, -0.1) is 0 Å². The first kappa shape index (κ1) is 130. The third-order valence-electron chi connectivity index (χ3n) is 28.9. The minimum atomic E-state index is -0.915. The molecule has 9 rings (SSSR count). The number of piperidine rings is 3. The number of aliphatic hydroxyl groups is 1. The number of aliphatic hydroxyl groups excluding tert-OH is 1. The van der Waals surface area contributed by atoms with Crippen LogP contribution in [0.4, 0.5) is 0 Å². The van der Waals surface area contributed by atoms with Crippen molar-refractivity contribution in [3.8, 4) is 0 Å². The van der Waals surface area contributed by atoms with Crippen molar-refractivity contribution in [3.63, 3.8) is 0 Å². The fraction of sp³-hybridized carbons (Fsp3) is 0.725. The minimum absolute atomic E-state index is 0.00833. The maximum absolute atomic E-state index is 14.1. The van der Waals surface area contributed by atoms with Gasteiger partial charge in [-0.3, -0.25) is 33.6 Å². The highest BCUT2D eigenvalue weighted by atomic mass is 127. The predicted octanol–water partition coefficient (Wildman–Crippen LogP) is 24.7. The Kier molecular flexibility index (Phi) is 57.8. The van der Waals surface area contributed by atoms with Crippen LogP contribution in [0.2, 0.25) is 0 Å². The van der Waals surface area contributed by atoms with Crippen LogP contribution in [0.25, 0.3) is 0 Å². The van der Waals surface area contributed by atoms with Crippen LogP contribution in [0.1, 0.15) is 390 Å². The topological polar surface area (TPSA) is 317 Å². The van der Waals surface area contributed by atoms with Gasteiger partial charge in [0, 0.05) is 85.0 Å². The molecule has 0 radical (unpaired) electrons. The van der Waals surface area contributed by atoms with E-state index in [1.807, 2.05) is 213 Å². The number of ketones is 1. The van der Waals surface area contributed by atoms with Crippen molar-refractivity contribution in [2.45, 2.75) is 474 Å². The van der Waals surface area contributed by atoms with E-state index in [0.29, 0.717) is 151 Å². The number of aliphatic carboxylic acids is 1. The van der Waals surface area contributed by atoms with E-state index in [0.717, 1.165) is 93.7 Å². The molecule has 0 aromatic heterocycles. The Bertz CT molecular complexity index is 4150. The van der Waals surface area contributed by atoms with Crippen LogP contribution in [0.15, 0.2) is 127 Å². The van der Waals surface area contributed by atoms with Gasteiger partial charge in [-0.2, -0.15) is 15.2 Å². The molecule has 822 valence electrons. The lowest BCUT2D eigenvalue weighted by atomic mass is 9.80. The monoisotopic (exact) mass is 2140 g/mol. The average molecular weight is 2140 g/mol. The lowest BCUT2D eigenvalue weighted by Gasteiger charge is -2.51. The number of Topliss-reactive ketones (excluding diaryl/α,β-unsaturated/α-hetero) is 1. The summed E-state index contributed by atoms with van der Waals surface area (Å²) in [6, 6.07) is 26.7. The summed E-state index contributed by atoms with van der Waals surface area (Å²) in [5.74, 6) is -1.58. The molecule has 0 spiro atoms. The number of allylic oxidation sites excluding steroid dienone is 3. The fourth-order valence-corrected chi connectivity index (χ4v) is 22.5. The maximum atomic E-state index is 14.1. The van der Waals surface area contributed by atoms with E-state index in [9.17, 15) is 69.0 Å². The number of hydrogen-bond donors (Lipinski definition) is 7. The van der Waals surface area contributed by atoms with Gasteiger partial charge in [0.2, 0.25) is 29.5 Å². The number of hydroxylamine groups is 6. The van der Waals surface area contributed by atoms with Gasteiger partial charge in [-0.1, -0.05) is 312 Å². The number of nitrogens with one attached hydrogen (secondary N) is 2. The predicted molar refractivity (Wildman–Crippen MR) is 595 cm³/mol. The highest BCUT2D eigenvalue weighted by molar-refractivity contribution is 14.1. The zero-order valence-corrected chi connectivity index (χ0v) is 96.9. The number of alkyl halides is 1.